The van der Waals surface area contributed by atoms with Crippen LogP contribution in [0, 0.1) is 5.41 Å². The van der Waals surface area contributed by atoms with Crippen molar-refractivity contribution in [2.24, 2.45) is 5.41 Å². The largest absolute Gasteiger partial charge is 0.345 e. The second kappa shape index (κ2) is 4.96. The second-order valence-electron chi connectivity index (χ2n) is 4.85. The van der Waals surface area contributed by atoms with E-state index < -0.39 is 0 Å². The van der Waals surface area contributed by atoms with Gasteiger partial charge in [-0.3, -0.25) is 0 Å². The molecule has 0 saturated carbocycles. The zero-order chi connectivity index (χ0) is 11.3. The first-order valence-corrected chi connectivity index (χ1v) is 5.35. The molecule has 15 heavy (non-hydrogen) atoms. The first-order valence-electron chi connectivity index (χ1n) is 5.35. The summed E-state index contributed by atoms with van der Waals surface area (Å²) in [6, 6.07) is 0. The van der Waals surface area contributed by atoms with Gasteiger partial charge in [-0.1, -0.05) is 39.0 Å². The topological polar surface area (TPSA) is 28.7 Å². The Bertz CT molecular complexity index is 430. The molecule has 0 bridgehead atoms. The van der Waals surface area contributed by atoms with E-state index in [1.54, 1.807) is 6.33 Å². The zero-order valence-electron chi connectivity index (χ0n) is 10.0. The molecular weight excluding hydrogens is 184 g/mol. The zero-order valence-corrected chi connectivity index (χ0v) is 10.0. The number of imidazole rings is 1. The Morgan fingerprint density at radius 2 is 2.13 bits per heavy atom. The summed E-state index contributed by atoms with van der Waals surface area (Å²) >= 11 is 0. The van der Waals surface area contributed by atoms with Crippen molar-refractivity contribution in [2.75, 3.05) is 0 Å². The van der Waals surface area contributed by atoms with Gasteiger partial charge in [-0.25, -0.2) is 4.98 Å². The summed E-state index contributed by atoms with van der Waals surface area (Å²) in [7, 11) is 0. The predicted molar refractivity (Wildman–Crippen MR) is 65.7 cm³/mol. The van der Waals surface area contributed by atoms with Crippen molar-refractivity contribution in [2.45, 2.75) is 34.1 Å². The highest BCUT2D eigenvalue weighted by Crippen LogP contribution is 2.18. The van der Waals surface area contributed by atoms with Crippen molar-refractivity contribution in [3.63, 3.8) is 0 Å². The lowest BCUT2D eigenvalue weighted by Crippen LogP contribution is -2.23. The molecule has 0 aliphatic heterocycles. The van der Waals surface area contributed by atoms with E-state index in [2.05, 4.69) is 42.9 Å². The highest BCUT2D eigenvalue weighted by atomic mass is 14.8. The van der Waals surface area contributed by atoms with E-state index in [9.17, 15) is 0 Å². The fourth-order valence-corrected chi connectivity index (χ4v) is 1.26. The van der Waals surface area contributed by atoms with Crippen LogP contribution in [0.15, 0.2) is 18.5 Å². The lowest BCUT2D eigenvalue weighted by molar-refractivity contribution is 0.420. The van der Waals surface area contributed by atoms with Gasteiger partial charge in [-0.05, 0) is 24.8 Å². The molecule has 1 aromatic rings. The number of aromatic nitrogens is 2. The first-order chi connectivity index (χ1) is 7.03. The fourth-order valence-electron chi connectivity index (χ4n) is 1.26. The van der Waals surface area contributed by atoms with E-state index in [-0.39, 0.29) is 0 Å². The molecule has 0 saturated heterocycles. The van der Waals surface area contributed by atoms with Gasteiger partial charge in [0.25, 0.3) is 0 Å². The van der Waals surface area contributed by atoms with Gasteiger partial charge in [0, 0.05) is 0 Å². The summed E-state index contributed by atoms with van der Waals surface area (Å²) in [6.45, 7) is 8.70. The number of rotatable bonds is 2. The van der Waals surface area contributed by atoms with Crippen LogP contribution in [0.2, 0.25) is 0 Å². The summed E-state index contributed by atoms with van der Waals surface area (Å²) in [6.07, 6.45) is 11.1. The van der Waals surface area contributed by atoms with E-state index in [1.807, 2.05) is 19.1 Å². The van der Waals surface area contributed by atoms with Crippen molar-refractivity contribution in [1.82, 2.24) is 9.97 Å². The van der Waals surface area contributed by atoms with Crippen molar-refractivity contribution >= 4 is 12.2 Å². The van der Waals surface area contributed by atoms with Gasteiger partial charge in [0.05, 0.1) is 17.0 Å². The van der Waals surface area contributed by atoms with E-state index >= 15 is 0 Å². The van der Waals surface area contributed by atoms with Gasteiger partial charge in [0.15, 0.2) is 0 Å². The Labute approximate surface area is 91.4 Å². The Kier molecular flexibility index (Phi) is 3.89. The van der Waals surface area contributed by atoms with Crippen LogP contribution in [-0.4, -0.2) is 9.97 Å². The minimum atomic E-state index is 0.357. The number of hydrogen-bond donors (Lipinski definition) is 1. The molecule has 0 amide bonds. The van der Waals surface area contributed by atoms with Crippen LogP contribution in [0.5, 0.6) is 0 Å². The molecule has 2 heteroatoms. The minimum absolute atomic E-state index is 0.357. The first kappa shape index (κ1) is 11.8. The Hall–Kier alpha value is -1.31. The van der Waals surface area contributed by atoms with Gasteiger partial charge in [-0.15, -0.1) is 0 Å². The summed E-state index contributed by atoms with van der Waals surface area (Å²) in [5.74, 6) is 0. The maximum absolute atomic E-state index is 4.23. The van der Waals surface area contributed by atoms with E-state index in [0.29, 0.717) is 5.41 Å². The summed E-state index contributed by atoms with van der Waals surface area (Å²) in [5.41, 5.74) is 0.357. The molecular formula is C13H20N2. The number of nitrogens with zero attached hydrogens (tertiary/aromatic N) is 1. The molecule has 1 rings (SSSR count). The van der Waals surface area contributed by atoms with Crippen molar-refractivity contribution in [1.29, 1.82) is 0 Å². The second-order valence-corrected chi connectivity index (χ2v) is 4.85. The van der Waals surface area contributed by atoms with Crippen LogP contribution in [0.3, 0.4) is 0 Å². The Balaban J connectivity index is 2.75. The highest BCUT2D eigenvalue weighted by Gasteiger charge is 2.05. The van der Waals surface area contributed by atoms with Crippen molar-refractivity contribution in [3.05, 3.63) is 29.2 Å². The quantitative estimate of drug-likeness (QED) is 0.784. The van der Waals surface area contributed by atoms with Crippen LogP contribution in [0.25, 0.3) is 12.2 Å². The maximum Gasteiger partial charge on any atom is 0.0931 e. The minimum Gasteiger partial charge on any atom is -0.345 e. The molecule has 0 spiro atoms. The third-order valence-corrected chi connectivity index (χ3v) is 2.11. The molecule has 0 atom stereocenters. The SMILES string of the molecule is C/C=c1/[nH]cn/c1=C/C=C\CC(C)(C)C. The number of H-pyrrole nitrogens is 1. The highest BCUT2D eigenvalue weighted by molar-refractivity contribution is 5.35. The molecule has 1 N–H and O–H groups in total. The van der Waals surface area contributed by atoms with Gasteiger partial charge in [0.1, 0.15) is 0 Å². The molecule has 0 aliphatic carbocycles. The molecule has 1 heterocycles. The smallest absolute Gasteiger partial charge is 0.0931 e. The molecule has 2 nitrogen and oxygen atoms in total. The van der Waals surface area contributed by atoms with Gasteiger partial charge in [-0.2, -0.15) is 0 Å². The lowest BCUT2D eigenvalue weighted by Gasteiger charge is -2.13. The number of allylic oxidation sites excluding steroid dienone is 2. The van der Waals surface area contributed by atoms with Gasteiger partial charge in [0.2, 0.25) is 0 Å². The van der Waals surface area contributed by atoms with E-state index in [0.717, 1.165) is 17.1 Å². The number of nitrogens with one attached hydrogen (secondary N) is 1. The Morgan fingerprint density at radius 1 is 1.40 bits per heavy atom. The lowest BCUT2D eigenvalue weighted by atomic mass is 9.92. The third kappa shape index (κ3) is 4.15. The van der Waals surface area contributed by atoms with Crippen LogP contribution in [-0.2, 0) is 0 Å². The van der Waals surface area contributed by atoms with Gasteiger partial charge >= 0.3 is 0 Å². The van der Waals surface area contributed by atoms with Crippen molar-refractivity contribution < 1.29 is 0 Å². The molecule has 0 unspecified atom stereocenters. The summed E-state index contributed by atoms with van der Waals surface area (Å²) in [5, 5.41) is 2.08. The maximum atomic E-state index is 4.23. The van der Waals surface area contributed by atoms with Crippen LogP contribution in [0.1, 0.15) is 34.1 Å². The monoisotopic (exact) mass is 204 g/mol. The molecule has 1 aromatic heterocycles. The van der Waals surface area contributed by atoms with E-state index in [1.165, 1.54) is 0 Å². The fraction of sp³-hybridized carbons (Fsp3) is 0.462. The Morgan fingerprint density at radius 3 is 2.73 bits per heavy atom. The average Bonchev–Trinajstić information content (AvgIpc) is 2.58. The third-order valence-electron chi connectivity index (χ3n) is 2.11. The number of hydrogen-bond acceptors (Lipinski definition) is 1. The van der Waals surface area contributed by atoms with Crippen molar-refractivity contribution in [3.8, 4) is 0 Å². The van der Waals surface area contributed by atoms with Gasteiger partial charge < -0.3 is 4.98 Å². The van der Waals surface area contributed by atoms with Crippen LogP contribution in [0.4, 0.5) is 0 Å². The van der Waals surface area contributed by atoms with Crippen LogP contribution >= 0.6 is 0 Å². The molecule has 82 valence electrons. The average molecular weight is 204 g/mol. The normalized spacial score (nSPS) is 15.5. The predicted octanol–water partition coefficient (Wildman–Crippen LogP) is 1.98. The molecule has 0 fully saturated rings. The summed E-state index contributed by atoms with van der Waals surface area (Å²) in [4.78, 5) is 7.31. The summed E-state index contributed by atoms with van der Waals surface area (Å²) < 4.78 is 0. The van der Waals surface area contributed by atoms with E-state index in [4.69, 9.17) is 0 Å². The molecule has 0 aliphatic rings. The van der Waals surface area contributed by atoms with Crippen LogP contribution < -0.4 is 10.7 Å². The molecule has 0 radical (unpaired) electrons. The number of aromatic amines is 1. The molecule has 0 aromatic carbocycles. The standard InChI is InChI=1S/C13H20N2/c1-5-11-12(15-10-14-11)8-6-7-9-13(2,3)4/h5-8,10H,9H2,1-4H3,(H,14,15)/b7-6-,11-5+,12-8+.